The lowest BCUT2D eigenvalue weighted by Gasteiger charge is -2.50. The maximum Gasteiger partial charge on any atom is 0.391 e. The summed E-state index contributed by atoms with van der Waals surface area (Å²) in [5.74, 6) is -2.86. The summed E-state index contributed by atoms with van der Waals surface area (Å²) in [4.78, 5) is 3.96. The third-order valence-corrected chi connectivity index (χ3v) is 10.5. The Hall–Kier alpha value is -1.31. The van der Waals surface area contributed by atoms with E-state index in [-0.39, 0.29) is 62.2 Å². The molecular weight excluding hydrogens is 560 g/mol. The number of rotatable bonds is 8. The molecule has 13 heteroatoms. The van der Waals surface area contributed by atoms with E-state index in [4.69, 9.17) is 9.47 Å². The standard InChI is InChI=1S/C27H39F6N3O3S/c1-24(2,25(37,15-36-17-34-16-35-36)19-8-10-21(11-9-19)27(31,32)33)40-22-13-38-23(39-14-22)12-5-18-3-6-20(7-4-18)26(28,29)30/h5,12,16-23,37H,3-4,6-11,13-15H2,1-2H3/b12-5+. The van der Waals surface area contributed by atoms with Crippen molar-refractivity contribution in [1.29, 1.82) is 0 Å². The van der Waals surface area contributed by atoms with Crippen molar-refractivity contribution in [2.24, 2.45) is 23.7 Å². The first-order valence-corrected chi connectivity index (χ1v) is 14.8. The predicted octanol–water partition coefficient (Wildman–Crippen LogP) is 6.56. The summed E-state index contributed by atoms with van der Waals surface area (Å²) in [5, 5.41) is 16.2. The Balaban J connectivity index is 1.33. The van der Waals surface area contributed by atoms with Gasteiger partial charge in [-0.2, -0.15) is 31.4 Å². The molecule has 1 aromatic heterocycles. The number of alkyl halides is 6. The monoisotopic (exact) mass is 599 g/mol. The van der Waals surface area contributed by atoms with E-state index in [1.807, 2.05) is 19.9 Å². The minimum atomic E-state index is -4.23. The third-order valence-electron chi connectivity index (χ3n) is 8.91. The summed E-state index contributed by atoms with van der Waals surface area (Å²) in [7, 11) is 0. The first-order chi connectivity index (χ1) is 18.7. The number of aliphatic hydroxyl groups is 1. The van der Waals surface area contributed by atoms with Crippen molar-refractivity contribution >= 4 is 11.8 Å². The van der Waals surface area contributed by atoms with Crippen LogP contribution in [0, 0.1) is 23.7 Å². The molecule has 6 nitrogen and oxygen atoms in total. The maximum absolute atomic E-state index is 13.3. The largest absolute Gasteiger partial charge is 0.391 e. The van der Waals surface area contributed by atoms with Crippen molar-refractivity contribution in [3.63, 3.8) is 0 Å². The Kier molecular flexibility index (Phi) is 9.89. The lowest BCUT2D eigenvalue weighted by atomic mass is 9.68. The molecule has 4 rings (SSSR count). The molecule has 228 valence electrons. The van der Waals surface area contributed by atoms with Gasteiger partial charge in [0, 0.05) is 4.75 Å². The minimum absolute atomic E-state index is 0.0178. The lowest BCUT2D eigenvalue weighted by Crippen LogP contribution is -2.58. The molecule has 0 spiro atoms. The zero-order chi connectivity index (χ0) is 29.2. The van der Waals surface area contributed by atoms with Gasteiger partial charge in [-0.05, 0) is 83.1 Å². The third kappa shape index (κ3) is 7.74. The zero-order valence-corrected chi connectivity index (χ0v) is 23.6. The molecular formula is C27H39F6N3O3S. The molecule has 2 heterocycles. The topological polar surface area (TPSA) is 69.4 Å². The van der Waals surface area contributed by atoms with Gasteiger partial charge < -0.3 is 14.6 Å². The van der Waals surface area contributed by atoms with E-state index in [1.54, 1.807) is 6.08 Å². The fraction of sp³-hybridized carbons (Fsp3) is 0.852. The highest BCUT2D eigenvalue weighted by atomic mass is 32.2. The molecule has 40 heavy (non-hydrogen) atoms. The maximum atomic E-state index is 13.3. The van der Waals surface area contributed by atoms with Gasteiger partial charge in [0.1, 0.15) is 18.3 Å². The van der Waals surface area contributed by atoms with Gasteiger partial charge in [0.2, 0.25) is 0 Å². The van der Waals surface area contributed by atoms with Crippen LogP contribution in [-0.2, 0) is 16.0 Å². The Labute approximate surface area is 235 Å². The number of halogens is 6. The van der Waals surface area contributed by atoms with Crippen LogP contribution in [0.15, 0.2) is 24.8 Å². The molecule has 1 aromatic rings. The van der Waals surface area contributed by atoms with Crippen molar-refractivity contribution in [3.05, 3.63) is 24.8 Å². The normalized spacial score (nSPS) is 32.7. The van der Waals surface area contributed by atoms with E-state index < -0.39 is 40.8 Å². The van der Waals surface area contributed by atoms with Gasteiger partial charge in [0.25, 0.3) is 0 Å². The predicted molar refractivity (Wildman–Crippen MR) is 138 cm³/mol. The van der Waals surface area contributed by atoms with Gasteiger partial charge in [-0.3, -0.25) is 4.68 Å². The van der Waals surface area contributed by atoms with Crippen LogP contribution in [0.1, 0.15) is 65.2 Å². The molecule has 1 N–H and O–H groups in total. The molecule has 2 saturated carbocycles. The Morgan fingerprint density at radius 3 is 1.88 bits per heavy atom. The molecule has 0 radical (unpaired) electrons. The summed E-state index contributed by atoms with van der Waals surface area (Å²) in [6.45, 7) is 4.57. The van der Waals surface area contributed by atoms with Gasteiger partial charge in [-0.1, -0.05) is 6.08 Å². The van der Waals surface area contributed by atoms with Crippen molar-refractivity contribution < 1.29 is 40.9 Å². The average Bonchev–Trinajstić information content (AvgIpc) is 3.40. The second-order valence-corrected chi connectivity index (χ2v) is 13.9. The van der Waals surface area contributed by atoms with Crippen LogP contribution < -0.4 is 0 Å². The minimum Gasteiger partial charge on any atom is -0.386 e. The SMILES string of the molecule is CC(C)(SC1COC(/C=C/C2CCC(C(F)(F)F)CC2)OC1)C(O)(Cn1cncn1)C1CCC(C(F)(F)F)CC1. The van der Waals surface area contributed by atoms with Gasteiger partial charge in [0.05, 0.1) is 36.8 Å². The number of hydrogen-bond donors (Lipinski definition) is 1. The highest BCUT2D eigenvalue weighted by Gasteiger charge is 2.54. The molecule has 1 saturated heterocycles. The van der Waals surface area contributed by atoms with Gasteiger partial charge in [-0.15, -0.1) is 11.8 Å². The summed E-state index contributed by atoms with van der Waals surface area (Å²) in [5.41, 5.74) is -1.37. The lowest BCUT2D eigenvalue weighted by molar-refractivity contribution is -0.190. The Morgan fingerprint density at radius 1 is 0.850 bits per heavy atom. The zero-order valence-electron chi connectivity index (χ0n) is 22.8. The fourth-order valence-electron chi connectivity index (χ4n) is 6.36. The van der Waals surface area contributed by atoms with Gasteiger partial charge >= 0.3 is 12.4 Å². The van der Waals surface area contributed by atoms with Crippen LogP contribution in [0.2, 0.25) is 0 Å². The molecule has 3 aliphatic rings. The molecule has 1 aliphatic heterocycles. The fourth-order valence-corrected chi connectivity index (χ4v) is 7.92. The summed E-state index contributed by atoms with van der Waals surface area (Å²) >= 11 is 1.49. The Morgan fingerprint density at radius 2 is 1.38 bits per heavy atom. The Bertz CT molecular complexity index is 950. The summed E-state index contributed by atoms with van der Waals surface area (Å²) in [6, 6.07) is 0. The number of aromatic nitrogens is 3. The van der Waals surface area contributed by atoms with E-state index in [9.17, 15) is 31.4 Å². The van der Waals surface area contributed by atoms with E-state index in [0.717, 1.165) is 0 Å². The molecule has 1 atom stereocenters. The van der Waals surface area contributed by atoms with Crippen LogP contribution in [0.5, 0.6) is 0 Å². The van der Waals surface area contributed by atoms with Crippen molar-refractivity contribution in [2.45, 2.75) is 106 Å². The number of thioether (sulfide) groups is 1. The highest BCUT2D eigenvalue weighted by Crippen LogP contribution is 2.50. The number of hydrogen-bond acceptors (Lipinski definition) is 6. The molecule has 2 aliphatic carbocycles. The van der Waals surface area contributed by atoms with Crippen LogP contribution in [0.4, 0.5) is 26.3 Å². The van der Waals surface area contributed by atoms with Crippen LogP contribution in [0.3, 0.4) is 0 Å². The molecule has 1 unspecified atom stereocenters. The quantitative estimate of drug-likeness (QED) is 0.270. The molecule has 0 bridgehead atoms. The second-order valence-electron chi connectivity index (χ2n) is 11.9. The first-order valence-electron chi connectivity index (χ1n) is 13.9. The summed E-state index contributed by atoms with van der Waals surface area (Å²) in [6.07, 6.45) is -0.729. The second kappa shape index (κ2) is 12.5. The number of allylic oxidation sites excluding steroid dienone is 1. The first kappa shape index (κ1) is 31.6. The van der Waals surface area contributed by atoms with Crippen molar-refractivity contribution in [2.75, 3.05) is 13.2 Å². The van der Waals surface area contributed by atoms with E-state index >= 15 is 0 Å². The molecule has 0 amide bonds. The van der Waals surface area contributed by atoms with Crippen LogP contribution >= 0.6 is 11.8 Å². The molecule has 0 aromatic carbocycles. The van der Waals surface area contributed by atoms with Gasteiger partial charge in [0.15, 0.2) is 6.29 Å². The smallest absolute Gasteiger partial charge is 0.386 e. The average molecular weight is 600 g/mol. The van der Waals surface area contributed by atoms with E-state index in [2.05, 4.69) is 10.1 Å². The highest BCUT2D eigenvalue weighted by molar-refractivity contribution is 8.01. The summed E-state index contributed by atoms with van der Waals surface area (Å²) < 4.78 is 91.1. The molecule has 3 fully saturated rings. The number of ether oxygens (including phenoxy) is 2. The van der Waals surface area contributed by atoms with E-state index in [1.165, 1.54) is 29.1 Å². The van der Waals surface area contributed by atoms with E-state index in [0.29, 0.717) is 26.1 Å². The van der Waals surface area contributed by atoms with Crippen molar-refractivity contribution in [1.82, 2.24) is 14.8 Å². The van der Waals surface area contributed by atoms with Crippen LogP contribution in [0.25, 0.3) is 0 Å². The van der Waals surface area contributed by atoms with Gasteiger partial charge in [-0.25, -0.2) is 4.98 Å². The number of nitrogens with zero attached hydrogens (tertiary/aromatic N) is 3. The van der Waals surface area contributed by atoms with Crippen molar-refractivity contribution in [3.8, 4) is 0 Å². The van der Waals surface area contributed by atoms with Crippen LogP contribution in [-0.4, -0.2) is 67.3 Å².